The summed E-state index contributed by atoms with van der Waals surface area (Å²) in [6.07, 6.45) is 5.23. The molecule has 122 valence electrons. The monoisotopic (exact) mass is 351 g/mol. The van der Waals surface area contributed by atoms with Gasteiger partial charge >= 0.3 is 0 Å². The average Bonchev–Trinajstić information content (AvgIpc) is 2.55. The van der Waals surface area contributed by atoms with Crippen LogP contribution in [0.2, 0.25) is 10.0 Å². The molecule has 0 fully saturated rings. The lowest BCUT2D eigenvalue weighted by molar-refractivity contribution is 0.0793. The van der Waals surface area contributed by atoms with Crippen LogP contribution in [0.5, 0.6) is 0 Å². The topological polar surface area (TPSA) is 45.2 Å². The van der Waals surface area contributed by atoms with Crippen molar-refractivity contribution in [3.8, 4) is 0 Å². The second kappa shape index (κ2) is 8.18. The highest BCUT2D eigenvalue weighted by Gasteiger charge is 2.12. The molecule has 0 saturated carbocycles. The van der Waals surface area contributed by atoms with Crippen LogP contribution < -0.4 is 5.32 Å². The Morgan fingerprint density at radius 2 is 2.04 bits per heavy atom. The molecule has 6 heteroatoms. The summed E-state index contributed by atoms with van der Waals surface area (Å²) in [7, 11) is 1.80. The smallest absolute Gasteiger partial charge is 0.255 e. The van der Waals surface area contributed by atoms with Gasteiger partial charge in [-0.2, -0.15) is 0 Å². The number of nitrogens with zero attached hydrogens (tertiary/aromatic N) is 2. The van der Waals surface area contributed by atoms with Gasteiger partial charge in [0.05, 0.1) is 28.2 Å². The number of unbranched alkanes of at least 4 members (excludes halogenated alkanes) is 1. The number of carbonyl (C=O) groups excluding carboxylic acids is 1. The number of pyridine rings is 1. The van der Waals surface area contributed by atoms with Crippen molar-refractivity contribution in [2.75, 3.05) is 18.9 Å². The van der Waals surface area contributed by atoms with Crippen LogP contribution >= 0.6 is 23.2 Å². The molecule has 0 atom stereocenters. The Bertz CT molecular complexity index is 691. The molecule has 0 aliphatic carbocycles. The van der Waals surface area contributed by atoms with E-state index in [1.54, 1.807) is 48.6 Å². The lowest BCUT2D eigenvalue weighted by Gasteiger charge is -2.17. The predicted octanol–water partition coefficient (Wildman–Crippen LogP) is 5.00. The van der Waals surface area contributed by atoms with E-state index in [1.165, 1.54) is 0 Å². The summed E-state index contributed by atoms with van der Waals surface area (Å²) in [5.41, 5.74) is 1.89. The summed E-state index contributed by atoms with van der Waals surface area (Å²) in [5, 5.41) is 4.27. The fourth-order valence-electron chi connectivity index (χ4n) is 2.09. The average molecular weight is 352 g/mol. The van der Waals surface area contributed by atoms with Crippen molar-refractivity contribution in [1.29, 1.82) is 0 Å². The summed E-state index contributed by atoms with van der Waals surface area (Å²) in [6.45, 7) is 2.83. The van der Waals surface area contributed by atoms with Crippen LogP contribution in [0, 0.1) is 0 Å². The first kappa shape index (κ1) is 17.6. The number of halogens is 2. The van der Waals surface area contributed by atoms with Gasteiger partial charge in [0.1, 0.15) is 0 Å². The molecule has 0 aliphatic heterocycles. The van der Waals surface area contributed by atoms with Gasteiger partial charge in [-0.25, -0.2) is 0 Å². The number of nitrogens with one attached hydrogen (secondary N) is 1. The Morgan fingerprint density at radius 3 is 2.78 bits per heavy atom. The second-order valence-electron chi connectivity index (χ2n) is 5.29. The molecule has 23 heavy (non-hydrogen) atoms. The quantitative estimate of drug-likeness (QED) is 0.795. The zero-order chi connectivity index (χ0) is 16.8. The first-order valence-electron chi connectivity index (χ1n) is 7.44. The molecule has 1 N–H and O–H groups in total. The lowest BCUT2D eigenvalue weighted by Crippen LogP contribution is -2.27. The van der Waals surface area contributed by atoms with Gasteiger partial charge < -0.3 is 10.2 Å². The van der Waals surface area contributed by atoms with Gasteiger partial charge in [-0.15, -0.1) is 0 Å². The lowest BCUT2D eigenvalue weighted by atomic mass is 10.2. The summed E-state index contributed by atoms with van der Waals surface area (Å²) in [6, 6.07) is 6.92. The number of carbonyl (C=O) groups is 1. The van der Waals surface area contributed by atoms with Crippen molar-refractivity contribution in [1.82, 2.24) is 9.88 Å². The molecular weight excluding hydrogens is 333 g/mol. The van der Waals surface area contributed by atoms with E-state index in [2.05, 4.69) is 17.2 Å². The highest BCUT2D eigenvalue weighted by molar-refractivity contribution is 6.35. The fourth-order valence-corrected chi connectivity index (χ4v) is 2.43. The Balaban J connectivity index is 2.16. The number of hydrogen-bond donors (Lipinski definition) is 1. The normalized spacial score (nSPS) is 10.4. The van der Waals surface area contributed by atoms with Crippen molar-refractivity contribution in [3.05, 3.63) is 52.3 Å². The zero-order valence-electron chi connectivity index (χ0n) is 13.1. The maximum atomic E-state index is 12.4. The zero-order valence-corrected chi connectivity index (χ0v) is 14.7. The van der Waals surface area contributed by atoms with Crippen molar-refractivity contribution in [3.63, 3.8) is 0 Å². The third-order valence-electron chi connectivity index (χ3n) is 3.39. The molecule has 1 aromatic heterocycles. The van der Waals surface area contributed by atoms with E-state index in [0.29, 0.717) is 27.0 Å². The van der Waals surface area contributed by atoms with Gasteiger partial charge in [-0.05, 0) is 30.7 Å². The molecule has 4 nitrogen and oxygen atoms in total. The maximum absolute atomic E-state index is 12.4. The fraction of sp³-hybridized carbons (Fsp3) is 0.294. The number of hydrogen-bond acceptors (Lipinski definition) is 3. The van der Waals surface area contributed by atoms with E-state index in [1.807, 2.05) is 0 Å². The highest BCUT2D eigenvalue weighted by Crippen LogP contribution is 2.28. The van der Waals surface area contributed by atoms with E-state index in [0.717, 1.165) is 19.4 Å². The third kappa shape index (κ3) is 4.85. The molecule has 0 aliphatic rings. The van der Waals surface area contributed by atoms with Crippen LogP contribution in [0.1, 0.15) is 30.1 Å². The molecule has 1 amide bonds. The summed E-state index contributed by atoms with van der Waals surface area (Å²) in [5.74, 6) is -0.0493. The van der Waals surface area contributed by atoms with Crippen LogP contribution in [0.25, 0.3) is 0 Å². The van der Waals surface area contributed by atoms with Gasteiger partial charge in [0, 0.05) is 24.8 Å². The summed E-state index contributed by atoms with van der Waals surface area (Å²) < 4.78 is 0. The Hall–Kier alpha value is -1.78. The Morgan fingerprint density at radius 1 is 1.26 bits per heavy atom. The van der Waals surface area contributed by atoms with E-state index < -0.39 is 0 Å². The van der Waals surface area contributed by atoms with E-state index in [9.17, 15) is 4.79 Å². The van der Waals surface area contributed by atoms with Crippen molar-refractivity contribution in [2.45, 2.75) is 19.8 Å². The van der Waals surface area contributed by atoms with E-state index in [4.69, 9.17) is 23.2 Å². The molecule has 0 bridgehead atoms. The number of rotatable bonds is 6. The molecule has 2 aromatic rings. The van der Waals surface area contributed by atoms with Crippen LogP contribution in [0.15, 0.2) is 36.7 Å². The van der Waals surface area contributed by atoms with Crippen LogP contribution in [-0.4, -0.2) is 29.4 Å². The van der Waals surface area contributed by atoms with Crippen LogP contribution in [0.4, 0.5) is 11.4 Å². The first-order valence-corrected chi connectivity index (χ1v) is 8.19. The first-order chi connectivity index (χ1) is 11.0. The van der Waals surface area contributed by atoms with Crippen molar-refractivity contribution < 1.29 is 4.79 Å². The van der Waals surface area contributed by atoms with Gasteiger partial charge in [-0.3, -0.25) is 9.78 Å². The summed E-state index contributed by atoms with van der Waals surface area (Å²) in [4.78, 5) is 18.2. The SMILES string of the molecule is CCCCN(C)C(=O)c1cncc(Nc2cc(Cl)ccc2Cl)c1. The number of amides is 1. The second-order valence-corrected chi connectivity index (χ2v) is 6.14. The molecule has 0 radical (unpaired) electrons. The number of benzene rings is 1. The number of aromatic nitrogens is 1. The largest absolute Gasteiger partial charge is 0.353 e. The molecule has 0 unspecified atom stereocenters. The number of anilines is 2. The molecule has 1 aromatic carbocycles. The minimum atomic E-state index is -0.0493. The highest BCUT2D eigenvalue weighted by atomic mass is 35.5. The maximum Gasteiger partial charge on any atom is 0.255 e. The van der Waals surface area contributed by atoms with E-state index in [-0.39, 0.29) is 5.91 Å². The minimum Gasteiger partial charge on any atom is -0.353 e. The van der Waals surface area contributed by atoms with Crippen molar-refractivity contribution >= 4 is 40.5 Å². The van der Waals surface area contributed by atoms with Crippen molar-refractivity contribution in [2.24, 2.45) is 0 Å². The van der Waals surface area contributed by atoms with E-state index >= 15 is 0 Å². The Labute approximate surface area is 146 Å². The molecule has 2 rings (SSSR count). The third-order valence-corrected chi connectivity index (χ3v) is 3.95. The standard InChI is InChI=1S/C17H19Cl2N3O/c1-3-4-7-22(2)17(23)12-8-14(11-20-10-12)21-16-9-13(18)5-6-15(16)19/h5-6,8-11,21H,3-4,7H2,1-2H3. The predicted molar refractivity (Wildman–Crippen MR) is 95.9 cm³/mol. The minimum absolute atomic E-state index is 0.0493. The van der Waals surface area contributed by atoms with Crippen LogP contribution in [-0.2, 0) is 0 Å². The Kier molecular flexibility index (Phi) is 6.25. The molecule has 1 heterocycles. The van der Waals surface area contributed by atoms with Gasteiger partial charge in [0.25, 0.3) is 5.91 Å². The molecular formula is C17H19Cl2N3O. The molecule has 0 spiro atoms. The van der Waals surface area contributed by atoms with Gasteiger partial charge in [-0.1, -0.05) is 36.5 Å². The van der Waals surface area contributed by atoms with Gasteiger partial charge in [0.15, 0.2) is 0 Å². The summed E-state index contributed by atoms with van der Waals surface area (Å²) >= 11 is 12.1. The molecule has 0 saturated heterocycles. The van der Waals surface area contributed by atoms with Gasteiger partial charge in [0.2, 0.25) is 0 Å². The van der Waals surface area contributed by atoms with Crippen LogP contribution in [0.3, 0.4) is 0 Å².